The molecule has 3 N–H and O–H groups in total. The number of allylic oxidation sites excluding steroid dienone is 3. The Morgan fingerprint density at radius 2 is 1.15 bits per heavy atom. The van der Waals surface area contributed by atoms with Crippen LogP contribution in [0.5, 0.6) is 0 Å². The van der Waals surface area contributed by atoms with Gasteiger partial charge in [0.1, 0.15) is 0 Å². The Kier molecular flexibility index (Phi) is 21.8. The highest BCUT2D eigenvalue weighted by Crippen LogP contribution is 2.24. The van der Waals surface area contributed by atoms with Crippen LogP contribution >= 0.6 is 0 Å². The van der Waals surface area contributed by atoms with Gasteiger partial charge in [0.2, 0.25) is 0 Å². The van der Waals surface area contributed by atoms with Gasteiger partial charge in [-0.25, -0.2) is 14.4 Å². The van der Waals surface area contributed by atoms with E-state index in [1.54, 1.807) is 0 Å². The van der Waals surface area contributed by atoms with Crippen LogP contribution in [0.25, 0.3) is 5.57 Å². The standard InChI is InChI=1S/C16H22.3C4H6O2/c1-4-6-11-15(10-5-2)14(3)16-12-8-7-9-13-16;3*1-3(2)4(5)6/h5,7-9,12-13H,2,4,6,10-11H2,1,3H3;3*1H2,2H3,(H,5,6). The maximum atomic E-state index is 9.60. The minimum atomic E-state index is -0.935. The average molecular weight is 473 g/mol. The Morgan fingerprint density at radius 3 is 1.41 bits per heavy atom. The van der Waals surface area contributed by atoms with Gasteiger partial charge in [-0.2, -0.15) is 0 Å². The van der Waals surface area contributed by atoms with E-state index in [0.29, 0.717) is 0 Å². The first-order valence-electron chi connectivity index (χ1n) is 10.7. The average Bonchev–Trinajstić information content (AvgIpc) is 2.77. The minimum absolute atomic E-state index is 0.176. The summed E-state index contributed by atoms with van der Waals surface area (Å²) < 4.78 is 0. The van der Waals surface area contributed by atoms with Gasteiger partial charge in [0.15, 0.2) is 0 Å². The number of unbranched alkanes of at least 4 members (excludes halogenated alkanes) is 1. The molecule has 1 rings (SSSR count). The fourth-order valence-electron chi connectivity index (χ4n) is 1.90. The molecule has 0 saturated carbocycles. The van der Waals surface area contributed by atoms with Crippen molar-refractivity contribution in [2.45, 2.75) is 60.3 Å². The van der Waals surface area contributed by atoms with E-state index in [1.807, 2.05) is 6.08 Å². The van der Waals surface area contributed by atoms with E-state index in [0.717, 1.165) is 6.42 Å². The van der Waals surface area contributed by atoms with Gasteiger partial charge in [-0.1, -0.05) is 75.1 Å². The number of rotatable bonds is 9. The molecular formula is C28H40O6. The monoisotopic (exact) mass is 472 g/mol. The number of carboxylic acids is 3. The van der Waals surface area contributed by atoms with Crippen LogP contribution in [-0.4, -0.2) is 33.2 Å². The van der Waals surface area contributed by atoms with E-state index in [4.69, 9.17) is 15.3 Å². The fourth-order valence-corrected chi connectivity index (χ4v) is 1.90. The van der Waals surface area contributed by atoms with Gasteiger partial charge in [-0.15, -0.1) is 6.58 Å². The maximum Gasteiger partial charge on any atom is 0.330 e. The molecule has 0 aliphatic heterocycles. The Labute approximate surface area is 204 Å². The topological polar surface area (TPSA) is 112 Å². The highest BCUT2D eigenvalue weighted by Gasteiger charge is 2.03. The van der Waals surface area contributed by atoms with Crippen LogP contribution in [0, 0.1) is 0 Å². The van der Waals surface area contributed by atoms with Crippen molar-refractivity contribution in [3.8, 4) is 0 Å². The lowest BCUT2D eigenvalue weighted by atomic mass is 9.95. The highest BCUT2D eigenvalue weighted by molar-refractivity contribution is 5.85. The van der Waals surface area contributed by atoms with Crippen LogP contribution < -0.4 is 0 Å². The summed E-state index contributed by atoms with van der Waals surface area (Å²) in [5, 5.41) is 23.7. The summed E-state index contributed by atoms with van der Waals surface area (Å²) in [7, 11) is 0. The highest BCUT2D eigenvalue weighted by atomic mass is 16.4. The zero-order chi connectivity index (χ0) is 27.3. The molecule has 0 fully saturated rings. The molecule has 0 unspecified atom stereocenters. The molecule has 0 aliphatic rings. The Hall–Kier alpha value is -3.67. The zero-order valence-electron chi connectivity index (χ0n) is 21.2. The molecule has 0 bridgehead atoms. The molecule has 0 spiro atoms. The van der Waals surface area contributed by atoms with E-state index in [2.05, 4.69) is 70.5 Å². The molecule has 1 aromatic rings. The number of carboxylic acid groups (broad SMARTS) is 3. The van der Waals surface area contributed by atoms with Crippen LogP contribution in [0.2, 0.25) is 0 Å². The third-order valence-electron chi connectivity index (χ3n) is 4.06. The molecule has 0 amide bonds. The van der Waals surface area contributed by atoms with Crippen LogP contribution in [0.4, 0.5) is 0 Å². The summed E-state index contributed by atoms with van der Waals surface area (Å²) in [6, 6.07) is 10.6. The van der Waals surface area contributed by atoms with Crippen molar-refractivity contribution in [1.82, 2.24) is 0 Å². The van der Waals surface area contributed by atoms with Gasteiger partial charge in [-0.3, -0.25) is 0 Å². The molecule has 0 heterocycles. The second-order valence-corrected chi connectivity index (χ2v) is 7.45. The van der Waals surface area contributed by atoms with Crippen molar-refractivity contribution in [1.29, 1.82) is 0 Å². The lowest BCUT2D eigenvalue weighted by Crippen LogP contribution is -1.92. The summed E-state index contributed by atoms with van der Waals surface area (Å²) in [5.41, 5.74) is 4.83. The van der Waals surface area contributed by atoms with Crippen molar-refractivity contribution in [3.05, 3.63) is 90.6 Å². The summed E-state index contributed by atoms with van der Waals surface area (Å²) in [5.74, 6) is -2.81. The molecular weight excluding hydrogens is 432 g/mol. The summed E-state index contributed by atoms with van der Waals surface area (Å²) in [6.45, 7) is 22.1. The van der Waals surface area contributed by atoms with Gasteiger partial charge in [0, 0.05) is 16.7 Å². The normalized spacial score (nSPS) is 9.68. The van der Waals surface area contributed by atoms with Crippen molar-refractivity contribution in [2.75, 3.05) is 0 Å². The summed E-state index contributed by atoms with van der Waals surface area (Å²) in [4.78, 5) is 28.8. The zero-order valence-corrected chi connectivity index (χ0v) is 21.2. The smallest absolute Gasteiger partial charge is 0.330 e. The van der Waals surface area contributed by atoms with E-state index < -0.39 is 17.9 Å². The van der Waals surface area contributed by atoms with Crippen LogP contribution in [-0.2, 0) is 14.4 Å². The van der Waals surface area contributed by atoms with Crippen LogP contribution in [0.15, 0.2) is 85.0 Å². The Balaban J connectivity index is -0.000000442. The van der Waals surface area contributed by atoms with Gasteiger partial charge < -0.3 is 15.3 Å². The van der Waals surface area contributed by atoms with Crippen molar-refractivity contribution < 1.29 is 29.7 Å². The van der Waals surface area contributed by atoms with Crippen molar-refractivity contribution in [2.24, 2.45) is 0 Å². The number of carbonyl (C=O) groups is 3. The number of hydrogen-bond donors (Lipinski definition) is 3. The lowest BCUT2D eigenvalue weighted by molar-refractivity contribution is -0.133. The quantitative estimate of drug-likeness (QED) is 0.259. The van der Waals surface area contributed by atoms with E-state index >= 15 is 0 Å². The maximum absolute atomic E-state index is 9.60. The molecule has 0 radical (unpaired) electrons. The van der Waals surface area contributed by atoms with E-state index in [9.17, 15) is 14.4 Å². The van der Waals surface area contributed by atoms with E-state index in [1.165, 1.54) is 56.7 Å². The van der Waals surface area contributed by atoms with Gasteiger partial charge in [0.25, 0.3) is 0 Å². The number of benzene rings is 1. The molecule has 6 nitrogen and oxygen atoms in total. The molecule has 6 heteroatoms. The third kappa shape index (κ3) is 21.6. The lowest BCUT2D eigenvalue weighted by Gasteiger charge is -2.10. The fraction of sp³-hybridized carbons (Fsp3) is 0.321. The molecule has 34 heavy (non-hydrogen) atoms. The molecule has 1 aromatic carbocycles. The van der Waals surface area contributed by atoms with Crippen LogP contribution in [0.3, 0.4) is 0 Å². The number of hydrogen-bond acceptors (Lipinski definition) is 3. The summed E-state index contributed by atoms with van der Waals surface area (Å²) >= 11 is 0. The second kappa shape index (κ2) is 21.2. The molecule has 0 aliphatic carbocycles. The van der Waals surface area contributed by atoms with Crippen LogP contribution in [0.1, 0.15) is 65.9 Å². The largest absolute Gasteiger partial charge is 0.478 e. The predicted octanol–water partition coefficient (Wildman–Crippen LogP) is 7.17. The van der Waals surface area contributed by atoms with Gasteiger partial charge >= 0.3 is 17.9 Å². The van der Waals surface area contributed by atoms with Gasteiger partial charge in [-0.05, 0) is 58.1 Å². The first-order chi connectivity index (χ1) is 15.7. The van der Waals surface area contributed by atoms with Gasteiger partial charge in [0.05, 0.1) is 0 Å². The molecule has 0 aromatic heterocycles. The SMILES string of the molecule is C=C(C)C(=O)O.C=C(C)C(=O)O.C=C(C)C(=O)O.C=CCC(CCCC)=C(C)c1ccccc1. The van der Waals surface area contributed by atoms with Crippen molar-refractivity contribution in [3.63, 3.8) is 0 Å². The second-order valence-electron chi connectivity index (χ2n) is 7.45. The van der Waals surface area contributed by atoms with E-state index in [-0.39, 0.29) is 16.7 Å². The molecule has 0 saturated heterocycles. The third-order valence-corrected chi connectivity index (χ3v) is 4.06. The summed E-state index contributed by atoms with van der Waals surface area (Å²) in [6.07, 6.45) is 6.75. The number of aliphatic carboxylic acids is 3. The Morgan fingerprint density at radius 1 is 0.794 bits per heavy atom. The Bertz CT molecular complexity index is 767. The first-order valence-corrected chi connectivity index (χ1v) is 10.7. The molecule has 0 atom stereocenters. The minimum Gasteiger partial charge on any atom is -0.478 e. The molecule has 188 valence electrons. The first kappa shape index (κ1) is 34.9. The van der Waals surface area contributed by atoms with Crippen molar-refractivity contribution >= 4 is 23.5 Å². The predicted molar refractivity (Wildman–Crippen MR) is 141 cm³/mol.